The Balaban J connectivity index is 1.81. The molecule has 1 amide bonds. The van der Waals surface area contributed by atoms with E-state index in [0.717, 1.165) is 18.4 Å². The fourth-order valence-corrected chi connectivity index (χ4v) is 2.29. The first kappa shape index (κ1) is 14.6. The normalized spacial score (nSPS) is 12.5. The molecule has 3 N–H and O–H groups in total. The number of aromatic nitrogens is 1. The van der Waals surface area contributed by atoms with Gasteiger partial charge in [-0.3, -0.25) is 4.79 Å². The van der Waals surface area contributed by atoms with Crippen molar-refractivity contribution in [2.45, 2.75) is 26.2 Å². The highest BCUT2D eigenvalue weighted by molar-refractivity contribution is 5.84. The molecule has 2 rings (SSSR count). The van der Waals surface area contributed by atoms with Crippen LogP contribution in [0.3, 0.4) is 0 Å². The van der Waals surface area contributed by atoms with Gasteiger partial charge >= 0.3 is 0 Å². The zero-order valence-electron chi connectivity index (χ0n) is 11.9. The molecule has 0 radical (unpaired) electrons. The number of rotatable bonds is 7. The van der Waals surface area contributed by atoms with Crippen molar-refractivity contribution in [1.82, 2.24) is 10.3 Å². The van der Waals surface area contributed by atoms with E-state index in [9.17, 15) is 4.79 Å². The largest absolute Gasteiger partial charge is 0.396 e. The van der Waals surface area contributed by atoms with Crippen molar-refractivity contribution in [2.24, 2.45) is 5.92 Å². The Morgan fingerprint density at radius 3 is 3.00 bits per heavy atom. The molecule has 0 aliphatic rings. The van der Waals surface area contributed by atoms with Gasteiger partial charge in [0.05, 0.1) is 0 Å². The van der Waals surface area contributed by atoms with E-state index in [1.54, 1.807) is 0 Å². The van der Waals surface area contributed by atoms with Crippen molar-refractivity contribution in [2.75, 3.05) is 13.2 Å². The lowest BCUT2D eigenvalue weighted by Crippen LogP contribution is -2.28. The molecule has 0 saturated carbocycles. The van der Waals surface area contributed by atoms with Gasteiger partial charge in [-0.05, 0) is 30.4 Å². The zero-order valence-corrected chi connectivity index (χ0v) is 11.9. The summed E-state index contributed by atoms with van der Waals surface area (Å²) in [4.78, 5) is 15.0. The summed E-state index contributed by atoms with van der Waals surface area (Å²) in [7, 11) is 0. The van der Waals surface area contributed by atoms with Crippen LogP contribution in [-0.4, -0.2) is 29.1 Å². The molecule has 0 aliphatic heterocycles. The molecule has 0 spiro atoms. The van der Waals surface area contributed by atoms with Crippen LogP contribution in [0.15, 0.2) is 30.5 Å². The summed E-state index contributed by atoms with van der Waals surface area (Å²) >= 11 is 0. The number of carbonyl (C=O) groups is 1. The number of aryl methyl sites for hydroxylation is 1. The molecule has 0 fully saturated rings. The van der Waals surface area contributed by atoms with Gasteiger partial charge in [-0.15, -0.1) is 0 Å². The number of carbonyl (C=O) groups excluding carboxylic acids is 1. The Bertz CT molecular complexity index is 562. The first-order valence-corrected chi connectivity index (χ1v) is 7.13. The van der Waals surface area contributed by atoms with E-state index in [2.05, 4.69) is 16.4 Å². The lowest BCUT2D eigenvalue weighted by atomic mass is 10.1. The molecular formula is C16H22N2O2. The van der Waals surface area contributed by atoms with Crippen LogP contribution in [0.25, 0.3) is 10.9 Å². The lowest BCUT2D eigenvalue weighted by Gasteiger charge is -2.10. The van der Waals surface area contributed by atoms with Crippen LogP contribution >= 0.6 is 0 Å². The molecule has 0 aliphatic carbocycles. The minimum Gasteiger partial charge on any atom is -0.396 e. The zero-order chi connectivity index (χ0) is 14.4. The third-order valence-corrected chi connectivity index (χ3v) is 3.57. The highest BCUT2D eigenvalue weighted by Crippen LogP contribution is 2.18. The fourth-order valence-electron chi connectivity index (χ4n) is 2.29. The molecule has 1 atom stereocenters. The van der Waals surface area contributed by atoms with Gasteiger partial charge in [0.25, 0.3) is 0 Å². The molecule has 1 heterocycles. The van der Waals surface area contributed by atoms with Crippen molar-refractivity contribution in [3.63, 3.8) is 0 Å². The van der Waals surface area contributed by atoms with E-state index in [0.29, 0.717) is 18.9 Å². The van der Waals surface area contributed by atoms with Crippen molar-refractivity contribution in [1.29, 1.82) is 0 Å². The number of aromatic amines is 1. The smallest absolute Gasteiger partial charge is 0.220 e. The maximum atomic E-state index is 11.8. The van der Waals surface area contributed by atoms with Crippen LogP contribution in [0, 0.1) is 5.92 Å². The minimum absolute atomic E-state index is 0.0695. The lowest BCUT2D eigenvalue weighted by molar-refractivity contribution is -0.121. The maximum Gasteiger partial charge on any atom is 0.220 e. The number of amides is 1. The number of nitrogens with one attached hydrogen (secondary N) is 2. The van der Waals surface area contributed by atoms with E-state index in [4.69, 9.17) is 5.11 Å². The second-order valence-electron chi connectivity index (χ2n) is 5.28. The Kier molecular flexibility index (Phi) is 5.18. The minimum atomic E-state index is 0.0695. The highest BCUT2D eigenvalue weighted by Gasteiger charge is 2.08. The molecule has 4 nitrogen and oxygen atoms in total. The molecule has 108 valence electrons. The summed E-state index contributed by atoms with van der Waals surface area (Å²) in [6.07, 6.45) is 3.94. The fraction of sp³-hybridized carbons (Fsp3) is 0.438. The van der Waals surface area contributed by atoms with E-state index < -0.39 is 0 Å². The summed E-state index contributed by atoms with van der Waals surface area (Å²) in [5.41, 5.74) is 2.29. The molecule has 20 heavy (non-hydrogen) atoms. The summed E-state index contributed by atoms with van der Waals surface area (Å²) in [5.74, 6) is 0.386. The molecule has 1 aromatic carbocycles. The molecule has 0 saturated heterocycles. The van der Waals surface area contributed by atoms with Crippen LogP contribution in [0.1, 0.15) is 25.3 Å². The van der Waals surface area contributed by atoms with Crippen molar-refractivity contribution in [3.8, 4) is 0 Å². The second-order valence-corrected chi connectivity index (χ2v) is 5.28. The maximum absolute atomic E-state index is 11.8. The molecule has 1 aromatic heterocycles. The van der Waals surface area contributed by atoms with Crippen molar-refractivity contribution < 1.29 is 9.90 Å². The van der Waals surface area contributed by atoms with Crippen LogP contribution in [0.2, 0.25) is 0 Å². The van der Waals surface area contributed by atoms with Gasteiger partial charge in [0.2, 0.25) is 5.91 Å². The van der Waals surface area contributed by atoms with Gasteiger partial charge in [0.15, 0.2) is 0 Å². The summed E-state index contributed by atoms with van der Waals surface area (Å²) in [6.45, 7) is 2.83. The van der Waals surface area contributed by atoms with E-state index in [-0.39, 0.29) is 12.5 Å². The van der Waals surface area contributed by atoms with Gasteiger partial charge in [-0.2, -0.15) is 0 Å². The number of benzene rings is 1. The van der Waals surface area contributed by atoms with Gasteiger partial charge in [0.1, 0.15) is 0 Å². The third-order valence-electron chi connectivity index (χ3n) is 3.57. The quantitative estimate of drug-likeness (QED) is 0.725. The molecular weight excluding hydrogens is 252 g/mol. The Labute approximate surface area is 119 Å². The SMILES string of the molecule is CC(CCO)CNC(=O)CCc1c[nH]c2ccccc12. The number of H-pyrrole nitrogens is 1. The standard InChI is InChI=1S/C16H22N2O2/c1-12(8-9-19)10-18-16(20)7-6-13-11-17-15-5-3-2-4-14(13)15/h2-5,11-12,17,19H,6-10H2,1H3,(H,18,20). The van der Waals surface area contributed by atoms with Crippen LogP contribution in [-0.2, 0) is 11.2 Å². The van der Waals surface area contributed by atoms with E-state index in [1.165, 1.54) is 10.9 Å². The molecule has 4 heteroatoms. The third kappa shape index (κ3) is 3.84. The number of aliphatic hydroxyl groups is 1. The van der Waals surface area contributed by atoms with Gasteiger partial charge in [0, 0.05) is 36.7 Å². The second kappa shape index (κ2) is 7.10. The number of hydrogen-bond donors (Lipinski definition) is 3. The summed E-state index contributed by atoms with van der Waals surface area (Å²) in [6, 6.07) is 8.12. The van der Waals surface area contributed by atoms with E-state index >= 15 is 0 Å². The Morgan fingerprint density at radius 2 is 2.20 bits per heavy atom. The molecule has 1 unspecified atom stereocenters. The van der Waals surface area contributed by atoms with Crippen molar-refractivity contribution in [3.05, 3.63) is 36.0 Å². The first-order chi connectivity index (χ1) is 9.70. The predicted octanol–water partition coefficient (Wildman–Crippen LogP) is 2.24. The number of fused-ring (bicyclic) bond motifs is 1. The van der Waals surface area contributed by atoms with Crippen molar-refractivity contribution >= 4 is 16.8 Å². The highest BCUT2D eigenvalue weighted by atomic mass is 16.3. The van der Waals surface area contributed by atoms with Gasteiger partial charge < -0.3 is 15.4 Å². The summed E-state index contributed by atoms with van der Waals surface area (Å²) in [5, 5.41) is 12.9. The number of aliphatic hydroxyl groups excluding tert-OH is 1. The van der Waals surface area contributed by atoms with Crippen LogP contribution < -0.4 is 5.32 Å². The Hall–Kier alpha value is -1.81. The topological polar surface area (TPSA) is 65.1 Å². The average molecular weight is 274 g/mol. The Morgan fingerprint density at radius 1 is 1.40 bits per heavy atom. The molecule has 2 aromatic rings. The number of hydrogen-bond acceptors (Lipinski definition) is 2. The van der Waals surface area contributed by atoms with E-state index in [1.807, 2.05) is 31.3 Å². The summed E-state index contributed by atoms with van der Waals surface area (Å²) < 4.78 is 0. The van der Waals surface area contributed by atoms with Crippen LogP contribution in [0.4, 0.5) is 0 Å². The van der Waals surface area contributed by atoms with Gasteiger partial charge in [-0.25, -0.2) is 0 Å². The molecule has 0 bridgehead atoms. The van der Waals surface area contributed by atoms with Gasteiger partial charge in [-0.1, -0.05) is 25.1 Å². The van der Waals surface area contributed by atoms with Crippen LogP contribution in [0.5, 0.6) is 0 Å². The first-order valence-electron chi connectivity index (χ1n) is 7.13. The predicted molar refractivity (Wildman–Crippen MR) is 80.5 cm³/mol. The average Bonchev–Trinajstić information content (AvgIpc) is 2.86. The number of para-hydroxylation sites is 1. The monoisotopic (exact) mass is 274 g/mol.